The van der Waals surface area contributed by atoms with Gasteiger partial charge in [-0.1, -0.05) is 67.7 Å². The number of carbonyl (C=O) groups is 2. The first-order valence-electron chi connectivity index (χ1n) is 14.2. The predicted octanol–water partition coefficient (Wildman–Crippen LogP) is 2.19. The first-order valence-corrected chi connectivity index (χ1v) is 14.2. The van der Waals surface area contributed by atoms with Crippen LogP contribution < -0.4 is 0 Å². The number of esters is 1. The maximum atomic E-state index is 12.5. The van der Waals surface area contributed by atoms with Crippen LogP contribution in [0.15, 0.2) is 60.8 Å². The zero-order valence-corrected chi connectivity index (χ0v) is 24.1. The lowest BCUT2D eigenvalue weighted by molar-refractivity contribution is -0.158. The Morgan fingerprint density at radius 2 is 1.20 bits per heavy atom. The molecule has 1 rings (SSSR count). The van der Waals surface area contributed by atoms with Gasteiger partial charge in [-0.25, -0.2) is 0 Å². The van der Waals surface area contributed by atoms with Crippen LogP contribution in [-0.2, 0) is 14.3 Å². The number of aliphatic hydroxyl groups is 6. The van der Waals surface area contributed by atoms with Crippen molar-refractivity contribution in [2.75, 3.05) is 0 Å². The number of cyclic esters (lactones) is 1. The van der Waals surface area contributed by atoms with Gasteiger partial charge in [0.25, 0.3) is 0 Å². The second-order valence-corrected chi connectivity index (χ2v) is 10.8. The Labute approximate surface area is 242 Å². The van der Waals surface area contributed by atoms with Crippen LogP contribution >= 0.6 is 0 Å². The SMILES string of the molecule is C[C@H]1C=CC=CC=CC=CC=C[C@@H](O)[C@H](C(=O)O)[C@H](O)C[C@H](O)CCC[C@H](O)C[C@H](O)C[C@H](O)[C@@H](C)C(=O)O[C@@H]1C. The zero-order valence-electron chi connectivity index (χ0n) is 24.1. The lowest BCUT2D eigenvalue weighted by Gasteiger charge is -2.25. The number of carboxylic acid groups (broad SMARTS) is 1. The Morgan fingerprint density at radius 1 is 0.707 bits per heavy atom. The number of aliphatic carboxylic acids is 1. The standard InChI is InChI=1S/C31H48O10/c1-20-13-10-8-6-4-5-7-9-11-16-26(35)29(30(38)39)28(37)18-24(33)15-12-14-23(32)17-25(34)19-27(36)21(2)31(40)41-22(20)3/h4-11,13,16,20-29,32-37H,12,14-15,17-19H2,1-3H3,(H,38,39)/t20-,21+,22+,23-,24+,25-,26+,27-,28+,29-/m0/s1. The Bertz CT molecular complexity index is 924. The van der Waals surface area contributed by atoms with E-state index in [1.807, 2.05) is 19.1 Å². The second-order valence-electron chi connectivity index (χ2n) is 10.8. The average Bonchev–Trinajstić information content (AvgIpc) is 2.87. The summed E-state index contributed by atoms with van der Waals surface area (Å²) in [6.07, 6.45) is 9.26. The molecule has 0 aromatic rings. The molecule has 0 aromatic heterocycles. The lowest BCUT2D eigenvalue weighted by atomic mass is 9.90. The van der Waals surface area contributed by atoms with Crippen molar-refractivity contribution >= 4 is 11.9 Å². The van der Waals surface area contributed by atoms with E-state index in [0.29, 0.717) is 6.42 Å². The number of carboxylic acids is 1. The molecule has 0 bridgehead atoms. The van der Waals surface area contributed by atoms with Crippen molar-refractivity contribution in [3.63, 3.8) is 0 Å². The number of allylic oxidation sites excluding steroid dienone is 8. The van der Waals surface area contributed by atoms with Crippen molar-refractivity contribution < 1.29 is 50.1 Å². The molecule has 0 spiro atoms. The van der Waals surface area contributed by atoms with E-state index in [1.54, 1.807) is 43.4 Å². The van der Waals surface area contributed by atoms with Crippen LogP contribution in [0.5, 0.6) is 0 Å². The molecule has 10 heteroatoms. The number of hydrogen-bond acceptors (Lipinski definition) is 9. The molecule has 0 saturated heterocycles. The molecule has 0 saturated carbocycles. The molecule has 232 valence electrons. The van der Waals surface area contributed by atoms with Gasteiger partial charge in [-0.05, 0) is 39.5 Å². The van der Waals surface area contributed by atoms with Gasteiger partial charge in [0.2, 0.25) is 0 Å². The molecular formula is C31H48O10. The van der Waals surface area contributed by atoms with E-state index in [0.717, 1.165) is 0 Å². The fourth-order valence-electron chi connectivity index (χ4n) is 4.32. The maximum Gasteiger partial charge on any atom is 0.312 e. The van der Waals surface area contributed by atoms with E-state index in [9.17, 15) is 45.3 Å². The van der Waals surface area contributed by atoms with Crippen LogP contribution in [0.25, 0.3) is 0 Å². The summed E-state index contributed by atoms with van der Waals surface area (Å²) in [6, 6.07) is 0. The maximum absolute atomic E-state index is 12.5. The molecule has 1 aliphatic rings. The molecule has 0 fully saturated rings. The molecular weight excluding hydrogens is 532 g/mol. The van der Waals surface area contributed by atoms with E-state index in [4.69, 9.17) is 4.74 Å². The topological polar surface area (TPSA) is 185 Å². The highest BCUT2D eigenvalue weighted by Gasteiger charge is 2.33. The number of ether oxygens (including phenoxy) is 1. The van der Waals surface area contributed by atoms with Crippen LogP contribution in [0.1, 0.15) is 59.3 Å². The van der Waals surface area contributed by atoms with Crippen LogP contribution in [0.2, 0.25) is 0 Å². The van der Waals surface area contributed by atoms with Gasteiger partial charge in [-0.15, -0.1) is 0 Å². The third kappa shape index (κ3) is 14.7. The van der Waals surface area contributed by atoms with Crippen molar-refractivity contribution in [2.45, 2.75) is 102 Å². The monoisotopic (exact) mass is 580 g/mol. The van der Waals surface area contributed by atoms with Crippen molar-refractivity contribution in [3.8, 4) is 0 Å². The predicted molar refractivity (Wildman–Crippen MR) is 154 cm³/mol. The molecule has 0 aliphatic carbocycles. The Kier molecular flexibility index (Phi) is 17.3. The second kappa shape index (κ2) is 19.5. The molecule has 0 aromatic carbocycles. The first kappa shape index (κ1) is 36.4. The zero-order chi connectivity index (χ0) is 30.9. The summed E-state index contributed by atoms with van der Waals surface area (Å²) >= 11 is 0. The molecule has 1 heterocycles. The fourth-order valence-corrected chi connectivity index (χ4v) is 4.32. The van der Waals surface area contributed by atoms with Crippen molar-refractivity contribution in [1.29, 1.82) is 0 Å². The smallest absolute Gasteiger partial charge is 0.312 e. The van der Waals surface area contributed by atoms with E-state index < -0.39 is 66.5 Å². The van der Waals surface area contributed by atoms with Crippen molar-refractivity contribution in [2.24, 2.45) is 17.8 Å². The normalized spacial score (nSPS) is 36.3. The molecule has 10 nitrogen and oxygen atoms in total. The van der Waals surface area contributed by atoms with Gasteiger partial charge in [0, 0.05) is 18.8 Å². The molecule has 0 radical (unpaired) electrons. The summed E-state index contributed by atoms with van der Waals surface area (Å²) in [4.78, 5) is 24.2. The summed E-state index contributed by atoms with van der Waals surface area (Å²) in [5, 5.41) is 71.6. The summed E-state index contributed by atoms with van der Waals surface area (Å²) in [7, 11) is 0. The molecule has 10 atom stereocenters. The minimum absolute atomic E-state index is 0.0491. The Morgan fingerprint density at radius 3 is 1.76 bits per heavy atom. The van der Waals surface area contributed by atoms with Crippen molar-refractivity contribution in [3.05, 3.63) is 60.8 Å². The average molecular weight is 581 g/mol. The van der Waals surface area contributed by atoms with Gasteiger partial charge in [-0.2, -0.15) is 0 Å². The summed E-state index contributed by atoms with van der Waals surface area (Å²) < 4.78 is 5.50. The molecule has 0 amide bonds. The van der Waals surface area contributed by atoms with Gasteiger partial charge >= 0.3 is 11.9 Å². The Balaban J connectivity index is 2.99. The summed E-state index contributed by atoms with van der Waals surface area (Å²) in [5.74, 6) is -4.51. The van der Waals surface area contributed by atoms with Gasteiger partial charge in [-0.3, -0.25) is 9.59 Å². The highest BCUT2D eigenvalue weighted by Crippen LogP contribution is 2.21. The molecule has 0 unspecified atom stereocenters. The number of rotatable bonds is 1. The Hall–Kier alpha value is -2.60. The lowest BCUT2D eigenvalue weighted by Crippen LogP contribution is -2.39. The molecule has 7 N–H and O–H groups in total. The molecule has 1 aliphatic heterocycles. The number of carbonyl (C=O) groups excluding carboxylic acids is 1. The van der Waals surface area contributed by atoms with Crippen LogP contribution in [0, 0.1) is 17.8 Å². The van der Waals surface area contributed by atoms with Gasteiger partial charge in [0.05, 0.1) is 42.5 Å². The number of hydrogen-bond donors (Lipinski definition) is 7. The van der Waals surface area contributed by atoms with Crippen LogP contribution in [-0.4, -0.2) is 90.4 Å². The van der Waals surface area contributed by atoms with Gasteiger partial charge in [0.15, 0.2) is 0 Å². The quantitative estimate of drug-likeness (QED) is 0.227. The largest absolute Gasteiger partial charge is 0.481 e. The van der Waals surface area contributed by atoms with Crippen LogP contribution in [0.3, 0.4) is 0 Å². The van der Waals surface area contributed by atoms with E-state index in [2.05, 4.69) is 0 Å². The number of aliphatic hydroxyl groups excluding tert-OH is 6. The summed E-state index contributed by atoms with van der Waals surface area (Å²) in [5.41, 5.74) is 0. The van der Waals surface area contributed by atoms with Gasteiger partial charge in [0.1, 0.15) is 12.0 Å². The molecule has 41 heavy (non-hydrogen) atoms. The van der Waals surface area contributed by atoms with E-state index in [-0.39, 0.29) is 38.0 Å². The third-order valence-corrected chi connectivity index (χ3v) is 7.21. The third-order valence-electron chi connectivity index (χ3n) is 7.21. The van der Waals surface area contributed by atoms with E-state index >= 15 is 0 Å². The fraction of sp³-hybridized carbons (Fsp3) is 0.613. The van der Waals surface area contributed by atoms with E-state index in [1.165, 1.54) is 19.1 Å². The highest BCUT2D eigenvalue weighted by molar-refractivity contribution is 5.73. The highest BCUT2D eigenvalue weighted by atomic mass is 16.5. The van der Waals surface area contributed by atoms with Gasteiger partial charge < -0.3 is 40.5 Å². The van der Waals surface area contributed by atoms with Crippen molar-refractivity contribution in [1.82, 2.24) is 0 Å². The first-order chi connectivity index (χ1) is 19.3. The minimum Gasteiger partial charge on any atom is -0.481 e. The minimum atomic E-state index is -1.54. The summed E-state index contributed by atoms with van der Waals surface area (Å²) in [6.45, 7) is 5.16. The van der Waals surface area contributed by atoms with Crippen LogP contribution in [0.4, 0.5) is 0 Å².